The second-order valence-corrected chi connectivity index (χ2v) is 4.10. The van der Waals surface area contributed by atoms with Crippen molar-refractivity contribution in [3.8, 4) is 5.75 Å². The van der Waals surface area contributed by atoms with E-state index in [1.165, 1.54) is 12.1 Å². The third-order valence-corrected chi connectivity index (χ3v) is 2.24. The van der Waals surface area contributed by atoms with E-state index in [1.54, 1.807) is 12.1 Å². The van der Waals surface area contributed by atoms with Crippen LogP contribution in [0.3, 0.4) is 0 Å². The van der Waals surface area contributed by atoms with Gasteiger partial charge in [0.2, 0.25) is 0 Å². The lowest BCUT2D eigenvalue weighted by Gasteiger charge is -2.06. The minimum atomic E-state index is -1.11. The Labute approximate surface area is 106 Å². The normalized spacial score (nSPS) is 9.67. The van der Waals surface area contributed by atoms with Crippen LogP contribution in [0.2, 0.25) is 0 Å². The van der Waals surface area contributed by atoms with Crippen molar-refractivity contribution >= 4 is 11.9 Å². The highest BCUT2D eigenvalue weighted by Crippen LogP contribution is 2.18. The lowest BCUT2D eigenvalue weighted by molar-refractivity contribution is -0.134. The van der Waals surface area contributed by atoms with E-state index in [9.17, 15) is 9.59 Å². The summed E-state index contributed by atoms with van der Waals surface area (Å²) in [6.07, 6.45) is 2.76. The topological polar surface area (TPSA) is 63.6 Å². The zero-order valence-corrected chi connectivity index (χ0v) is 10.5. The number of carboxylic acid groups (broad SMARTS) is 1. The monoisotopic (exact) mass is 248 g/mol. The average Bonchev–Trinajstić information content (AvgIpc) is 2.28. The van der Waals surface area contributed by atoms with E-state index in [1.807, 2.05) is 19.9 Å². The van der Waals surface area contributed by atoms with Crippen LogP contribution in [0.5, 0.6) is 5.75 Å². The Bertz CT molecular complexity index is 470. The fourth-order valence-electron chi connectivity index (χ4n) is 1.38. The summed E-state index contributed by atoms with van der Waals surface area (Å²) in [5.74, 6) is -1.45. The Morgan fingerprint density at radius 3 is 2.56 bits per heavy atom. The van der Waals surface area contributed by atoms with Crippen LogP contribution in [0.4, 0.5) is 0 Å². The molecule has 0 radical (unpaired) electrons. The van der Waals surface area contributed by atoms with Gasteiger partial charge in [0.25, 0.3) is 0 Å². The van der Waals surface area contributed by atoms with Crippen molar-refractivity contribution in [2.75, 3.05) is 0 Å². The molecular weight excluding hydrogens is 232 g/mol. The third kappa shape index (κ3) is 4.41. The van der Waals surface area contributed by atoms with Gasteiger partial charge in [0.15, 0.2) is 0 Å². The SMILES string of the molecule is CC(C)=CCCC(=O)Oc1ccccc1C(=O)O. The van der Waals surface area contributed by atoms with Gasteiger partial charge in [-0.25, -0.2) is 4.79 Å². The number of rotatable bonds is 5. The lowest BCUT2D eigenvalue weighted by Crippen LogP contribution is -2.10. The van der Waals surface area contributed by atoms with Gasteiger partial charge < -0.3 is 9.84 Å². The van der Waals surface area contributed by atoms with Crippen molar-refractivity contribution in [1.29, 1.82) is 0 Å². The summed E-state index contributed by atoms with van der Waals surface area (Å²) >= 11 is 0. The number of allylic oxidation sites excluding steroid dienone is 2. The zero-order valence-electron chi connectivity index (χ0n) is 10.5. The fourth-order valence-corrected chi connectivity index (χ4v) is 1.38. The maximum Gasteiger partial charge on any atom is 0.339 e. The Morgan fingerprint density at radius 2 is 1.94 bits per heavy atom. The first-order chi connectivity index (χ1) is 8.50. The van der Waals surface area contributed by atoms with Gasteiger partial charge in [0.05, 0.1) is 0 Å². The van der Waals surface area contributed by atoms with Crippen molar-refractivity contribution in [2.45, 2.75) is 26.7 Å². The van der Waals surface area contributed by atoms with E-state index in [4.69, 9.17) is 9.84 Å². The fraction of sp³-hybridized carbons (Fsp3) is 0.286. The molecule has 0 aliphatic heterocycles. The number of benzene rings is 1. The molecule has 1 aromatic carbocycles. The highest BCUT2D eigenvalue weighted by atomic mass is 16.5. The van der Waals surface area contributed by atoms with Gasteiger partial charge in [-0.3, -0.25) is 4.79 Å². The number of hydrogen-bond donors (Lipinski definition) is 1. The van der Waals surface area contributed by atoms with E-state index in [-0.39, 0.29) is 17.7 Å². The van der Waals surface area contributed by atoms with Gasteiger partial charge in [0.1, 0.15) is 11.3 Å². The molecule has 0 aliphatic rings. The Hall–Kier alpha value is -2.10. The molecule has 0 bridgehead atoms. The molecule has 0 saturated carbocycles. The highest BCUT2D eigenvalue weighted by Gasteiger charge is 2.13. The Kier molecular flexibility index (Phi) is 5.11. The molecule has 0 saturated heterocycles. The highest BCUT2D eigenvalue weighted by molar-refractivity contribution is 5.91. The van der Waals surface area contributed by atoms with Gasteiger partial charge in [-0.15, -0.1) is 0 Å². The smallest absolute Gasteiger partial charge is 0.339 e. The molecule has 0 fully saturated rings. The molecule has 1 N–H and O–H groups in total. The largest absolute Gasteiger partial charge is 0.478 e. The number of esters is 1. The molecule has 96 valence electrons. The summed E-state index contributed by atoms with van der Waals surface area (Å²) in [4.78, 5) is 22.4. The van der Waals surface area contributed by atoms with Crippen molar-refractivity contribution in [1.82, 2.24) is 0 Å². The molecular formula is C14H16O4. The van der Waals surface area contributed by atoms with Crippen LogP contribution in [-0.4, -0.2) is 17.0 Å². The van der Waals surface area contributed by atoms with Crippen molar-refractivity contribution in [2.24, 2.45) is 0 Å². The zero-order chi connectivity index (χ0) is 13.5. The van der Waals surface area contributed by atoms with E-state index < -0.39 is 11.9 Å². The van der Waals surface area contributed by atoms with E-state index in [0.717, 1.165) is 5.57 Å². The first kappa shape index (κ1) is 14.0. The summed E-state index contributed by atoms with van der Waals surface area (Å²) in [5.41, 5.74) is 1.13. The maximum atomic E-state index is 11.5. The molecule has 4 heteroatoms. The van der Waals surface area contributed by atoms with Crippen LogP contribution in [0.1, 0.15) is 37.0 Å². The molecule has 18 heavy (non-hydrogen) atoms. The summed E-state index contributed by atoms with van der Waals surface area (Å²) in [6.45, 7) is 3.90. The molecule has 1 aromatic rings. The molecule has 0 heterocycles. The van der Waals surface area contributed by atoms with E-state index in [0.29, 0.717) is 6.42 Å². The number of ether oxygens (including phenoxy) is 1. The Balaban J connectivity index is 2.65. The first-order valence-electron chi connectivity index (χ1n) is 5.67. The molecule has 0 spiro atoms. The number of hydrogen-bond acceptors (Lipinski definition) is 3. The van der Waals surface area contributed by atoms with Crippen molar-refractivity contribution in [3.05, 3.63) is 41.5 Å². The summed E-state index contributed by atoms with van der Waals surface area (Å²) in [7, 11) is 0. The average molecular weight is 248 g/mol. The van der Waals surface area contributed by atoms with Crippen LogP contribution >= 0.6 is 0 Å². The van der Waals surface area contributed by atoms with Crippen molar-refractivity contribution in [3.63, 3.8) is 0 Å². The number of para-hydroxylation sites is 1. The summed E-state index contributed by atoms with van der Waals surface area (Å²) < 4.78 is 5.04. The van der Waals surface area contributed by atoms with Gasteiger partial charge in [-0.05, 0) is 32.4 Å². The molecule has 0 atom stereocenters. The molecule has 0 aromatic heterocycles. The second-order valence-electron chi connectivity index (χ2n) is 4.10. The maximum absolute atomic E-state index is 11.5. The third-order valence-electron chi connectivity index (χ3n) is 2.24. The number of carbonyl (C=O) groups is 2. The molecule has 0 amide bonds. The van der Waals surface area contributed by atoms with Crippen LogP contribution in [-0.2, 0) is 4.79 Å². The van der Waals surface area contributed by atoms with E-state index >= 15 is 0 Å². The number of carbonyl (C=O) groups excluding carboxylic acids is 1. The van der Waals surface area contributed by atoms with Crippen LogP contribution < -0.4 is 4.74 Å². The summed E-state index contributed by atoms with van der Waals surface area (Å²) in [5, 5.41) is 8.93. The van der Waals surface area contributed by atoms with Gasteiger partial charge in [-0.1, -0.05) is 23.8 Å². The van der Waals surface area contributed by atoms with Gasteiger partial charge >= 0.3 is 11.9 Å². The van der Waals surface area contributed by atoms with Crippen LogP contribution in [0.15, 0.2) is 35.9 Å². The molecule has 0 unspecified atom stereocenters. The quantitative estimate of drug-likeness (QED) is 0.494. The lowest BCUT2D eigenvalue weighted by atomic mass is 10.2. The Morgan fingerprint density at radius 1 is 1.28 bits per heavy atom. The van der Waals surface area contributed by atoms with Crippen LogP contribution in [0.25, 0.3) is 0 Å². The van der Waals surface area contributed by atoms with Gasteiger partial charge in [-0.2, -0.15) is 0 Å². The van der Waals surface area contributed by atoms with E-state index in [2.05, 4.69) is 0 Å². The minimum Gasteiger partial charge on any atom is -0.478 e. The second kappa shape index (κ2) is 6.59. The standard InChI is InChI=1S/C14H16O4/c1-10(2)6-5-9-13(15)18-12-8-4-3-7-11(12)14(16)17/h3-4,6-8H,5,9H2,1-2H3,(H,16,17). The number of carboxylic acids is 1. The molecule has 4 nitrogen and oxygen atoms in total. The number of aromatic carboxylic acids is 1. The minimum absolute atomic E-state index is 0.00642. The van der Waals surface area contributed by atoms with Gasteiger partial charge in [0, 0.05) is 6.42 Å². The molecule has 1 rings (SSSR count). The van der Waals surface area contributed by atoms with Crippen LogP contribution in [0, 0.1) is 0 Å². The summed E-state index contributed by atoms with van der Waals surface area (Å²) in [6, 6.07) is 6.10. The van der Waals surface area contributed by atoms with Crippen molar-refractivity contribution < 1.29 is 19.4 Å². The first-order valence-corrected chi connectivity index (χ1v) is 5.67. The molecule has 0 aliphatic carbocycles. The predicted molar refractivity (Wildman–Crippen MR) is 67.7 cm³/mol. The predicted octanol–water partition coefficient (Wildman–Crippen LogP) is 3.04.